The number of fused-ring (bicyclic) bond motifs is 5. The minimum absolute atomic E-state index is 0.00921. The SMILES string of the molecule is CC12CCC3C(CC=C4CC(O)CCC43C=O)C1CC(O)C2=O. The van der Waals surface area contributed by atoms with Crippen molar-refractivity contribution in [3.8, 4) is 0 Å². The molecule has 7 unspecified atom stereocenters. The maximum Gasteiger partial charge on any atom is 0.167 e. The average Bonchev–Trinajstić information content (AvgIpc) is 2.78. The fraction of sp³-hybridized carbons (Fsp3) is 0.789. The molecule has 126 valence electrons. The van der Waals surface area contributed by atoms with Crippen molar-refractivity contribution >= 4 is 12.1 Å². The summed E-state index contributed by atoms with van der Waals surface area (Å²) in [5, 5.41) is 20.1. The molecule has 2 N–H and O–H groups in total. The summed E-state index contributed by atoms with van der Waals surface area (Å²) in [7, 11) is 0. The molecule has 0 bridgehead atoms. The van der Waals surface area contributed by atoms with Crippen LogP contribution in [0.15, 0.2) is 11.6 Å². The first kappa shape index (κ1) is 15.5. The van der Waals surface area contributed by atoms with Crippen LogP contribution in [-0.4, -0.2) is 34.5 Å². The molecule has 23 heavy (non-hydrogen) atoms. The number of Topliss-reactive ketones (excluding diaryl/α,β-unsaturated/α-hetero) is 1. The van der Waals surface area contributed by atoms with E-state index in [2.05, 4.69) is 6.08 Å². The molecule has 0 radical (unpaired) electrons. The Kier molecular flexibility index (Phi) is 3.37. The standard InChI is InChI=1S/C19H26O4/c1-18-6-5-14-13(15(18)9-16(22)17(18)23)3-2-11-8-12(21)4-7-19(11,14)10-20/h2,10,12-16,21-22H,3-9H2,1H3. The van der Waals surface area contributed by atoms with Crippen molar-refractivity contribution in [3.05, 3.63) is 11.6 Å². The predicted molar refractivity (Wildman–Crippen MR) is 84.5 cm³/mol. The van der Waals surface area contributed by atoms with Gasteiger partial charge in [0.15, 0.2) is 5.78 Å². The predicted octanol–water partition coefficient (Wildman–Crippen LogP) is 2.03. The molecule has 3 saturated carbocycles. The second-order valence-corrected chi connectivity index (χ2v) is 8.47. The number of aliphatic hydroxyl groups is 2. The summed E-state index contributed by atoms with van der Waals surface area (Å²) < 4.78 is 0. The summed E-state index contributed by atoms with van der Waals surface area (Å²) >= 11 is 0. The molecule has 0 amide bonds. The number of aliphatic hydroxyl groups excluding tert-OH is 2. The largest absolute Gasteiger partial charge is 0.393 e. The normalized spacial score (nSPS) is 52.2. The molecule has 0 aromatic heterocycles. The Balaban J connectivity index is 1.73. The fourth-order valence-corrected chi connectivity index (χ4v) is 6.35. The van der Waals surface area contributed by atoms with Crippen molar-refractivity contribution in [1.82, 2.24) is 0 Å². The van der Waals surface area contributed by atoms with Crippen LogP contribution in [0.1, 0.15) is 51.9 Å². The number of carbonyl (C=O) groups excluding carboxylic acids is 2. The minimum atomic E-state index is -0.825. The summed E-state index contributed by atoms with van der Waals surface area (Å²) in [5.41, 5.74) is 0.283. The minimum Gasteiger partial charge on any atom is -0.393 e. The van der Waals surface area contributed by atoms with Crippen LogP contribution in [-0.2, 0) is 9.59 Å². The van der Waals surface area contributed by atoms with Crippen molar-refractivity contribution < 1.29 is 19.8 Å². The van der Waals surface area contributed by atoms with Gasteiger partial charge in [0.05, 0.1) is 11.5 Å². The van der Waals surface area contributed by atoms with Crippen molar-refractivity contribution in [3.63, 3.8) is 0 Å². The van der Waals surface area contributed by atoms with E-state index in [1.807, 2.05) is 6.92 Å². The van der Waals surface area contributed by atoms with Gasteiger partial charge in [-0.25, -0.2) is 0 Å². The molecule has 4 heteroatoms. The first-order chi connectivity index (χ1) is 10.9. The van der Waals surface area contributed by atoms with Gasteiger partial charge < -0.3 is 15.0 Å². The van der Waals surface area contributed by atoms with Crippen molar-refractivity contribution in [2.45, 2.75) is 64.1 Å². The fourth-order valence-electron chi connectivity index (χ4n) is 6.35. The average molecular weight is 318 g/mol. The second-order valence-electron chi connectivity index (χ2n) is 8.47. The Morgan fingerprint density at radius 2 is 2.00 bits per heavy atom. The molecule has 4 aliphatic carbocycles. The lowest BCUT2D eigenvalue weighted by Gasteiger charge is -2.55. The van der Waals surface area contributed by atoms with E-state index in [-0.39, 0.29) is 23.7 Å². The lowest BCUT2D eigenvalue weighted by atomic mass is 9.48. The van der Waals surface area contributed by atoms with Crippen LogP contribution in [0.5, 0.6) is 0 Å². The van der Waals surface area contributed by atoms with Crippen molar-refractivity contribution in [2.24, 2.45) is 28.6 Å². The molecule has 0 heterocycles. The van der Waals surface area contributed by atoms with Gasteiger partial charge in [-0.15, -0.1) is 0 Å². The third kappa shape index (κ3) is 1.91. The summed E-state index contributed by atoms with van der Waals surface area (Å²) in [6, 6.07) is 0. The Bertz CT molecular complexity index is 582. The van der Waals surface area contributed by atoms with E-state index in [1.165, 1.54) is 0 Å². The van der Waals surface area contributed by atoms with Crippen LogP contribution in [0.3, 0.4) is 0 Å². The second kappa shape index (κ2) is 5.00. The molecule has 0 aromatic rings. The van der Waals surface area contributed by atoms with E-state index in [1.54, 1.807) is 0 Å². The highest BCUT2D eigenvalue weighted by Crippen LogP contribution is 2.63. The van der Waals surface area contributed by atoms with E-state index in [9.17, 15) is 19.8 Å². The van der Waals surface area contributed by atoms with Crippen molar-refractivity contribution in [2.75, 3.05) is 0 Å². The first-order valence-electron chi connectivity index (χ1n) is 8.98. The quantitative estimate of drug-likeness (QED) is 0.573. The van der Waals surface area contributed by atoms with E-state index < -0.39 is 16.9 Å². The molecule has 7 atom stereocenters. The Morgan fingerprint density at radius 3 is 2.74 bits per heavy atom. The molecule has 3 fully saturated rings. The summed E-state index contributed by atoms with van der Waals surface area (Å²) in [6.07, 6.45) is 7.27. The molecular formula is C19H26O4. The highest BCUT2D eigenvalue weighted by molar-refractivity contribution is 5.91. The Labute approximate surface area is 137 Å². The van der Waals surface area contributed by atoms with Gasteiger partial charge in [-0.05, 0) is 62.7 Å². The summed E-state index contributed by atoms with van der Waals surface area (Å²) in [6.45, 7) is 2.02. The van der Waals surface area contributed by atoms with Gasteiger partial charge in [0, 0.05) is 5.41 Å². The van der Waals surface area contributed by atoms with E-state index in [4.69, 9.17) is 0 Å². The molecular weight excluding hydrogens is 292 g/mol. The van der Waals surface area contributed by atoms with E-state index in [0.717, 1.165) is 37.5 Å². The molecule has 4 aliphatic rings. The first-order valence-corrected chi connectivity index (χ1v) is 8.98. The number of hydrogen-bond donors (Lipinski definition) is 2. The van der Waals surface area contributed by atoms with Crippen molar-refractivity contribution in [1.29, 1.82) is 0 Å². The summed E-state index contributed by atoms with van der Waals surface area (Å²) in [4.78, 5) is 24.6. The van der Waals surface area contributed by atoms with Gasteiger partial charge in [0.25, 0.3) is 0 Å². The molecule has 4 nitrogen and oxygen atoms in total. The zero-order chi connectivity index (χ0) is 16.4. The van der Waals surface area contributed by atoms with Gasteiger partial charge in [-0.1, -0.05) is 18.6 Å². The highest BCUT2D eigenvalue weighted by Gasteiger charge is 2.61. The van der Waals surface area contributed by atoms with Crippen LogP contribution >= 0.6 is 0 Å². The lowest BCUT2D eigenvalue weighted by Crippen LogP contribution is -2.52. The van der Waals surface area contributed by atoms with Crippen LogP contribution in [0.4, 0.5) is 0 Å². The summed E-state index contributed by atoms with van der Waals surface area (Å²) in [5.74, 6) is 0.767. The smallest absolute Gasteiger partial charge is 0.167 e. The number of hydrogen-bond acceptors (Lipinski definition) is 4. The number of rotatable bonds is 1. The van der Waals surface area contributed by atoms with Gasteiger partial charge >= 0.3 is 0 Å². The molecule has 0 aliphatic heterocycles. The van der Waals surface area contributed by atoms with Crippen LogP contribution in [0.2, 0.25) is 0 Å². The molecule has 0 aromatic carbocycles. The third-order valence-corrected chi connectivity index (χ3v) is 7.62. The molecule has 0 saturated heterocycles. The third-order valence-electron chi connectivity index (χ3n) is 7.62. The maximum absolute atomic E-state index is 12.4. The van der Waals surface area contributed by atoms with Crippen LogP contribution in [0.25, 0.3) is 0 Å². The monoisotopic (exact) mass is 318 g/mol. The molecule has 4 rings (SSSR count). The number of allylic oxidation sites excluding steroid dienone is 1. The number of carbonyl (C=O) groups is 2. The van der Waals surface area contributed by atoms with E-state index in [0.29, 0.717) is 25.2 Å². The highest BCUT2D eigenvalue weighted by atomic mass is 16.3. The zero-order valence-corrected chi connectivity index (χ0v) is 13.7. The van der Waals surface area contributed by atoms with Crippen LogP contribution < -0.4 is 0 Å². The Hall–Kier alpha value is -1.00. The number of ketones is 1. The lowest BCUT2D eigenvalue weighted by molar-refractivity contribution is -0.138. The molecule has 0 spiro atoms. The zero-order valence-electron chi connectivity index (χ0n) is 13.7. The topological polar surface area (TPSA) is 74.6 Å². The Morgan fingerprint density at radius 1 is 1.22 bits per heavy atom. The van der Waals surface area contributed by atoms with E-state index >= 15 is 0 Å². The van der Waals surface area contributed by atoms with Gasteiger partial charge in [0.2, 0.25) is 0 Å². The maximum atomic E-state index is 12.4. The van der Waals surface area contributed by atoms with Crippen LogP contribution in [0, 0.1) is 28.6 Å². The van der Waals surface area contributed by atoms with Gasteiger partial charge in [-0.3, -0.25) is 4.79 Å². The van der Waals surface area contributed by atoms with Gasteiger partial charge in [0.1, 0.15) is 12.4 Å². The van der Waals surface area contributed by atoms with Gasteiger partial charge in [-0.2, -0.15) is 0 Å². The number of aldehydes is 1.